The average Bonchev–Trinajstić information content (AvgIpc) is 2.28. The fourth-order valence-electron chi connectivity index (χ4n) is 1.36. The van der Waals surface area contributed by atoms with Gasteiger partial charge in [-0.15, -0.1) is 0 Å². The maximum Gasteiger partial charge on any atom is 0.337 e. The van der Waals surface area contributed by atoms with E-state index in [0.717, 1.165) is 0 Å². The van der Waals surface area contributed by atoms with Gasteiger partial charge in [0.25, 0.3) is 0 Å². The Balaban J connectivity index is 2.65. The third-order valence-corrected chi connectivity index (χ3v) is 4.17. The van der Waals surface area contributed by atoms with Crippen LogP contribution in [0.2, 0.25) is 0 Å². The van der Waals surface area contributed by atoms with Crippen molar-refractivity contribution in [1.82, 2.24) is 0 Å². The van der Waals surface area contributed by atoms with E-state index >= 15 is 0 Å². The van der Waals surface area contributed by atoms with Crippen LogP contribution in [0.1, 0.15) is 17.3 Å². The Morgan fingerprint density at radius 1 is 1.44 bits per heavy atom. The van der Waals surface area contributed by atoms with Crippen LogP contribution in [-0.2, 0) is 9.84 Å². The second-order valence-electron chi connectivity index (χ2n) is 3.77. The number of sulfone groups is 1. The van der Waals surface area contributed by atoms with Crippen molar-refractivity contribution in [3.63, 3.8) is 0 Å². The summed E-state index contributed by atoms with van der Waals surface area (Å²) in [6.07, 6.45) is 0. The lowest BCUT2D eigenvalue weighted by atomic mass is 10.1. The molecular formula is C11H16N2O4S. The number of carbonyl (C=O) groups is 1. The highest BCUT2D eigenvalue weighted by Gasteiger charge is 2.09. The van der Waals surface area contributed by atoms with Crippen molar-refractivity contribution in [2.24, 2.45) is 0 Å². The molecule has 0 saturated carbocycles. The van der Waals surface area contributed by atoms with Crippen LogP contribution in [0.3, 0.4) is 0 Å². The smallest absolute Gasteiger partial charge is 0.337 e. The molecule has 0 heterocycles. The summed E-state index contributed by atoms with van der Waals surface area (Å²) in [5, 5.41) is 11.7. The van der Waals surface area contributed by atoms with E-state index in [2.05, 4.69) is 5.32 Å². The molecule has 0 aliphatic heterocycles. The highest BCUT2D eigenvalue weighted by molar-refractivity contribution is 7.91. The SMILES string of the molecule is CCS(=O)(=O)CCNc1ccc(C(=O)O)c(N)c1. The van der Waals surface area contributed by atoms with Crippen molar-refractivity contribution in [1.29, 1.82) is 0 Å². The van der Waals surface area contributed by atoms with Crippen molar-refractivity contribution in [3.8, 4) is 0 Å². The number of aromatic carboxylic acids is 1. The van der Waals surface area contributed by atoms with Gasteiger partial charge < -0.3 is 16.2 Å². The molecule has 7 heteroatoms. The molecule has 0 aliphatic carbocycles. The zero-order valence-corrected chi connectivity index (χ0v) is 10.8. The van der Waals surface area contributed by atoms with E-state index in [-0.39, 0.29) is 29.3 Å². The Morgan fingerprint density at radius 2 is 2.11 bits per heavy atom. The molecule has 18 heavy (non-hydrogen) atoms. The van der Waals surface area contributed by atoms with Crippen LogP contribution in [0.15, 0.2) is 18.2 Å². The lowest BCUT2D eigenvalue weighted by molar-refractivity contribution is 0.0698. The number of benzene rings is 1. The fraction of sp³-hybridized carbons (Fsp3) is 0.364. The highest BCUT2D eigenvalue weighted by Crippen LogP contribution is 2.17. The molecule has 0 aromatic heterocycles. The molecule has 0 bridgehead atoms. The molecule has 100 valence electrons. The monoisotopic (exact) mass is 272 g/mol. The maximum atomic E-state index is 11.3. The Bertz CT molecular complexity index is 540. The van der Waals surface area contributed by atoms with Gasteiger partial charge in [0.2, 0.25) is 0 Å². The Hall–Kier alpha value is -1.76. The molecule has 0 aliphatic rings. The van der Waals surface area contributed by atoms with Crippen LogP contribution in [-0.4, -0.2) is 37.5 Å². The highest BCUT2D eigenvalue weighted by atomic mass is 32.2. The van der Waals surface area contributed by atoms with Gasteiger partial charge in [-0.05, 0) is 18.2 Å². The molecule has 0 radical (unpaired) electrons. The second kappa shape index (κ2) is 5.72. The van der Waals surface area contributed by atoms with Gasteiger partial charge in [0, 0.05) is 23.7 Å². The van der Waals surface area contributed by atoms with Crippen molar-refractivity contribution < 1.29 is 18.3 Å². The first kappa shape index (κ1) is 14.3. The van der Waals surface area contributed by atoms with E-state index in [1.54, 1.807) is 13.0 Å². The van der Waals surface area contributed by atoms with Crippen LogP contribution in [0, 0.1) is 0 Å². The summed E-state index contributed by atoms with van der Waals surface area (Å²) in [5.41, 5.74) is 6.34. The molecule has 6 nitrogen and oxygen atoms in total. The number of nitrogens with one attached hydrogen (secondary N) is 1. The quantitative estimate of drug-likeness (QED) is 0.661. The minimum absolute atomic E-state index is 0.0294. The lowest BCUT2D eigenvalue weighted by Gasteiger charge is -2.08. The normalized spacial score (nSPS) is 11.2. The molecule has 1 aromatic carbocycles. The van der Waals surface area contributed by atoms with Gasteiger partial charge in [-0.25, -0.2) is 13.2 Å². The van der Waals surface area contributed by atoms with E-state index in [0.29, 0.717) is 5.69 Å². The number of carboxylic acids is 1. The third-order valence-electron chi connectivity index (χ3n) is 2.46. The summed E-state index contributed by atoms with van der Waals surface area (Å²) in [7, 11) is -3.01. The summed E-state index contributed by atoms with van der Waals surface area (Å²) < 4.78 is 22.5. The van der Waals surface area contributed by atoms with Gasteiger partial charge >= 0.3 is 5.97 Å². The first-order valence-electron chi connectivity index (χ1n) is 5.43. The van der Waals surface area contributed by atoms with Gasteiger partial charge in [0.15, 0.2) is 9.84 Å². The van der Waals surface area contributed by atoms with Crippen molar-refractivity contribution in [2.45, 2.75) is 6.92 Å². The maximum absolute atomic E-state index is 11.3. The van der Waals surface area contributed by atoms with E-state index in [1.807, 2.05) is 0 Å². The van der Waals surface area contributed by atoms with Crippen LogP contribution >= 0.6 is 0 Å². The number of carboxylic acid groups (broad SMARTS) is 1. The Kier molecular flexibility index (Phi) is 4.55. The number of anilines is 2. The summed E-state index contributed by atoms with van der Waals surface area (Å²) in [6, 6.07) is 4.41. The molecule has 1 aromatic rings. The number of nitrogen functional groups attached to an aromatic ring is 1. The molecule has 0 fully saturated rings. The number of hydrogen-bond acceptors (Lipinski definition) is 5. The first-order chi connectivity index (χ1) is 8.35. The molecule has 0 atom stereocenters. The van der Waals surface area contributed by atoms with Gasteiger partial charge in [0.05, 0.1) is 11.3 Å². The summed E-state index contributed by atoms with van der Waals surface area (Å²) >= 11 is 0. The minimum atomic E-state index is -3.01. The molecule has 1 rings (SSSR count). The average molecular weight is 272 g/mol. The van der Waals surface area contributed by atoms with Gasteiger partial charge in [-0.3, -0.25) is 0 Å². The van der Waals surface area contributed by atoms with Crippen LogP contribution in [0.25, 0.3) is 0 Å². The molecule has 4 N–H and O–H groups in total. The fourth-order valence-corrected chi connectivity index (χ4v) is 2.06. The van der Waals surface area contributed by atoms with E-state index in [9.17, 15) is 13.2 Å². The standard InChI is InChI=1S/C11H16N2O4S/c1-2-18(16,17)6-5-13-8-3-4-9(11(14)15)10(12)7-8/h3-4,7,13H,2,5-6,12H2,1H3,(H,14,15). The number of hydrogen-bond donors (Lipinski definition) is 3. The number of rotatable bonds is 6. The minimum Gasteiger partial charge on any atom is -0.478 e. The van der Waals surface area contributed by atoms with Crippen LogP contribution in [0.5, 0.6) is 0 Å². The Morgan fingerprint density at radius 3 is 2.61 bits per heavy atom. The van der Waals surface area contributed by atoms with Gasteiger partial charge in [-0.1, -0.05) is 6.92 Å². The number of nitrogens with two attached hydrogens (primary N) is 1. The van der Waals surface area contributed by atoms with Gasteiger partial charge in [-0.2, -0.15) is 0 Å². The predicted molar refractivity (Wildman–Crippen MR) is 70.6 cm³/mol. The predicted octanol–water partition coefficient (Wildman–Crippen LogP) is 0.814. The van der Waals surface area contributed by atoms with Crippen LogP contribution < -0.4 is 11.1 Å². The largest absolute Gasteiger partial charge is 0.478 e. The Labute approximate surface area is 106 Å². The lowest BCUT2D eigenvalue weighted by Crippen LogP contribution is -2.17. The molecule has 0 unspecified atom stereocenters. The van der Waals surface area contributed by atoms with E-state index in [1.165, 1.54) is 12.1 Å². The molecular weight excluding hydrogens is 256 g/mol. The first-order valence-corrected chi connectivity index (χ1v) is 7.25. The zero-order valence-electron chi connectivity index (χ0n) is 10.0. The molecule has 0 saturated heterocycles. The third kappa shape index (κ3) is 3.92. The summed E-state index contributed by atoms with van der Waals surface area (Å²) in [6.45, 7) is 1.86. The molecule has 0 spiro atoms. The summed E-state index contributed by atoms with van der Waals surface area (Å²) in [4.78, 5) is 10.7. The van der Waals surface area contributed by atoms with Crippen molar-refractivity contribution in [3.05, 3.63) is 23.8 Å². The topological polar surface area (TPSA) is 109 Å². The van der Waals surface area contributed by atoms with Crippen molar-refractivity contribution >= 4 is 27.2 Å². The van der Waals surface area contributed by atoms with E-state index in [4.69, 9.17) is 10.8 Å². The van der Waals surface area contributed by atoms with Gasteiger partial charge in [0.1, 0.15) is 0 Å². The van der Waals surface area contributed by atoms with Crippen LogP contribution in [0.4, 0.5) is 11.4 Å². The summed E-state index contributed by atoms with van der Waals surface area (Å²) in [5.74, 6) is -0.952. The zero-order chi connectivity index (χ0) is 13.8. The second-order valence-corrected chi connectivity index (χ2v) is 6.24. The van der Waals surface area contributed by atoms with E-state index < -0.39 is 15.8 Å². The van der Waals surface area contributed by atoms with Crippen molar-refractivity contribution in [2.75, 3.05) is 29.1 Å². The molecule has 0 amide bonds.